The number of nitrogens with one attached hydrogen (secondary N) is 2. The van der Waals surface area contributed by atoms with E-state index in [-0.39, 0.29) is 22.9 Å². The zero-order valence-corrected chi connectivity index (χ0v) is 14.5. The van der Waals surface area contributed by atoms with Crippen LogP contribution in [0.2, 0.25) is 0 Å². The number of halogens is 1. The summed E-state index contributed by atoms with van der Waals surface area (Å²) in [6.45, 7) is 0.274. The number of hydrogen-bond acceptors (Lipinski definition) is 6. The summed E-state index contributed by atoms with van der Waals surface area (Å²) in [5.74, 6) is 0.207. The van der Waals surface area contributed by atoms with E-state index in [0.717, 1.165) is 6.26 Å². The quantitative estimate of drug-likeness (QED) is 0.503. The SMILES string of the molecule is CS(=O)(=O)c1cccc(NCCc2nc3ccc(F)cc3[nH]2)c1[N+](=O)[O-]. The number of anilines is 1. The van der Waals surface area contributed by atoms with Gasteiger partial charge in [0.05, 0.1) is 16.0 Å². The molecule has 26 heavy (non-hydrogen) atoms. The predicted octanol–water partition coefficient (Wildman–Crippen LogP) is 2.67. The first-order valence-corrected chi connectivity index (χ1v) is 9.50. The van der Waals surface area contributed by atoms with Crippen LogP contribution in [0, 0.1) is 15.9 Å². The number of benzene rings is 2. The summed E-state index contributed by atoms with van der Waals surface area (Å²) in [6.07, 6.45) is 1.31. The van der Waals surface area contributed by atoms with Crippen LogP contribution in [-0.2, 0) is 16.3 Å². The summed E-state index contributed by atoms with van der Waals surface area (Å²) in [7, 11) is -3.74. The molecule has 0 spiro atoms. The smallest absolute Gasteiger partial charge is 0.310 e. The van der Waals surface area contributed by atoms with Crippen molar-refractivity contribution in [3.8, 4) is 0 Å². The molecule has 0 amide bonds. The molecule has 2 aromatic carbocycles. The number of para-hydroxylation sites is 1. The van der Waals surface area contributed by atoms with Gasteiger partial charge >= 0.3 is 5.69 Å². The van der Waals surface area contributed by atoms with Crippen LogP contribution in [0.5, 0.6) is 0 Å². The zero-order valence-electron chi connectivity index (χ0n) is 13.7. The summed E-state index contributed by atoms with van der Waals surface area (Å²) in [4.78, 5) is 17.5. The molecule has 0 aliphatic heterocycles. The van der Waals surface area contributed by atoms with Crippen molar-refractivity contribution in [2.75, 3.05) is 18.1 Å². The van der Waals surface area contributed by atoms with E-state index >= 15 is 0 Å². The average molecular weight is 378 g/mol. The first kappa shape index (κ1) is 17.8. The number of imidazole rings is 1. The van der Waals surface area contributed by atoms with Gasteiger partial charge in [-0.2, -0.15) is 0 Å². The monoisotopic (exact) mass is 378 g/mol. The molecule has 3 aromatic rings. The first-order valence-electron chi connectivity index (χ1n) is 7.61. The Labute approximate surface area is 148 Å². The second-order valence-electron chi connectivity index (χ2n) is 5.70. The van der Waals surface area contributed by atoms with Crippen molar-refractivity contribution < 1.29 is 17.7 Å². The Kier molecular flexibility index (Phi) is 4.60. The lowest BCUT2D eigenvalue weighted by Crippen LogP contribution is -2.10. The first-order chi connectivity index (χ1) is 12.3. The summed E-state index contributed by atoms with van der Waals surface area (Å²) in [6, 6.07) is 8.28. The molecule has 136 valence electrons. The van der Waals surface area contributed by atoms with Crippen LogP contribution in [0.1, 0.15) is 5.82 Å². The maximum atomic E-state index is 13.2. The van der Waals surface area contributed by atoms with Crippen molar-refractivity contribution in [1.29, 1.82) is 0 Å². The maximum Gasteiger partial charge on any atom is 0.310 e. The molecule has 0 saturated carbocycles. The molecule has 0 unspecified atom stereocenters. The van der Waals surface area contributed by atoms with E-state index in [2.05, 4.69) is 15.3 Å². The van der Waals surface area contributed by atoms with Crippen LogP contribution in [0.3, 0.4) is 0 Å². The molecule has 0 fully saturated rings. The Morgan fingerprint density at radius 1 is 1.31 bits per heavy atom. The summed E-state index contributed by atoms with van der Waals surface area (Å²) >= 11 is 0. The maximum absolute atomic E-state index is 13.2. The molecular formula is C16H15FN4O4S. The third kappa shape index (κ3) is 3.64. The van der Waals surface area contributed by atoms with Crippen LogP contribution in [0.4, 0.5) is 15.8 Å². The second kappa shape index (κ2) is 6.71. The molecule has 10 heteroatoms. The molecule has 0 radical (unpaired) electrons. The van der Waals surface area contributed by atoms with Crippen LogP contribution in [0.25, 0.3) is 11.0 Å². The van der Waals surface area contributed by atoms with Crippen molar-refractivity contribution in [3.63, 3.8) is 0 Å². The summed E-state index contributed by atoms with van der Waals surface area (Å²) in [5, 5.41) is 14.2. The van der Waals surface area contributed by atoms with Crippen LogP contribution in [0.15, 0.2) is 41.3 Å². The third-order valence-corrected chi connectivity index (χ3v) is 4.88. The Morgan fingerprint density at radius 2 is 2.08 bits per heavy atom. The highest BCUT2D eigenvalue weighted by molar-refractivity contribution is 7.90. The van der Waals surface area contributed by atoms with Crippen molar-refractivity contribution >= 4 is 32.2 Å². The second-order valence-corrected chi connectivity index (χ2v) is 7.69. The van der Waals surface area contributed by atoms with E-state index in [1.165, 1.54) is 30.3 Å². The average Bonchev–Trinajstić information content (AvgIpc) is 2.95. The van der Waals surface area contributed by atoms with Gasteiger partial charge in [-0.1, -0.05) is 6.07 Å². The van der Waals surface area contributed by atoms with Gasteiger partial charge in [0, 0.05) is 19.2 Å². The molecule has 1 aromatic heterocycles. The van der Waals surface area contributed by atoms with E-state index in [1.807, 2.05) is 0 Å². The van der Waals surface area contributed by atoms with E-state index < -0.39 is 20.4 Å². The topological polar surface area (TPSA) is 118 Å². The largest absolute Gasteiger partial charge is 0.379 e. The van der Waals surface area contributed by atoms with E-state index in [9.17, 15) is 22.9 Å². The Morgan fingerprint density at radius 3 is 2.77 bits per heavy atom. The molecular weight excluding hydrogens is 363 g/mol. The van der Waals surface area contributed by atoms with Gasteiger partial charge in [-0.3, -0.25) is 10.1 Å². The lowest BCUT2D eigenvalue weighted by atomic mass is 10.2. The Hall–Kier alpha value is -3.01. The lowest BCUT2D eigenvalue weighted by molar-refractivity contribution is -0.386. The van der Waals surface area contributed by atoms with Crippen LogP contribution < -0.4 is 5.32 Å². The van der Waals surface area contributed by atoms with Crippen molar-refractivity contribution in [2.45, 2.75) is 11.3 Å². The minimum Gasteiger partial charge on any atom is -0.379 e. The van der Waals surface area contributed by atoms with Crippen LogP contribution >= 0.6 is 0 Å². The Bertz CT molecular complexity index is 1090. The third-order valence-electron chi connectivity index (χ3n) is 3.75. The highest BCUT2D eigenvalue weighted by Crippen LogP contribution is 2.31. The summed E-state index contributed by atoms with van der Waals surface area (Å²) < 4.78 is 36.7. The van der Waals surface area contributed by atoms with Crippen molar-refractivity contribution in [3.05, 3.63) is 58.2 Å². The molecule has 1 heterocycles. The fraction of sp³-hybridized carbons (Fsp3) is 0.188. The van der Waals surface area contributed by atoms with Crippen molar-refractivity contribution in [2.24, 2.45) is 0 Å². The number of rotatable bonds is 6. The number of aromatic amines is 1. The molecule has 8 nitrogen and oxygen atoms in total. The van der Waals surface area contributed by atoms with Gasteiger partial charge in [-0.25, -0.2) is 17.8 Å². The highest BCUT2D eigenvalue weighted by Gasteiger charge is 2.25. The minimum atomic E-state index is -3.74. The lowest BCUT2D eigenvalue weighted by Gasteiger charge is -2.08. The molecule has 0 aliphatic carbocycles. The number of fused-ring (bicyclic) bond motifs is 1. The van der Waals surface area contributed by atoms with Crippen molar-refractivity contribution in [1.82, 2.24) is 9.97 Å². The van der Waals surface area contributed by atoms with Gasteiger partial charge in [-0.05, 0) is 30.3 Å². The van der Waals surface area contributed by atoms with Gasteiger partial charge in [0.2, 0.25) is 0 Å². The Balaban J connectivity index is 1.80. The zero-order chi connectivity index (χ0) is 18.9. The van der Waals surface area contributed by atoms with Crippen LogP contribution in [-0.4, -0.2) is 36.1 Å². The normalized spacial score (nSPS) is 11.6. The number of aromatic nitrogens is 2. The van der Waals surface area contributed by atoms with Gasteiger partial charge in [0.25, 0.3) is 0 Å². The number of hydrogen-bond donors (Lipinski definition) is 2. The predicted molar refractivity (Wildman–Crippen MR) is 94.5 cm³/mol. The molecule has 0 bridgehead atoms. The van der Waals surface area contributed by atoms with E-state index in [4.69, 9.17) is 0 Å². The standard InChI is InChI=1S/C16H15FN4O4S/c1-26(24,25)14-4-2-3-12(16(14)21(22)23)18-8-7-15-19-11-6-5-10(17)9-13(11)20-15/h2-6,9,18H,7-8H2,1H3,(H,19,20). The molecule has 3 rings (SSSR count). The van der Waals surface area contributed by atoms with E-state index in [1.54, 1.807) is 6.07 Å². The molecule has 2 N–H and O–H groups in total. The van der Waals surface area contributed by atoms with Gasteiger partial charge in [-0.15, -0.1) is 0 Å². The number of nitro benzene ring substituents is 1. The minimum absolute atomic E-state index is 0.111. The molecule has 0 aliphatic rings. The number of nitrogens with zero attached hydrogens (tertiary/aromatic N) is 2. The van der Waals surface area contributed by atoms with E-state index in [0.29, 0.717) is 23.3 Å². The summed E-state index contributed by atoms with van der Waals surface area (Å²) in [5.41, 5.74) is 0.804. The number of H-pyrrole nitrogens is 1. The van der Waals surface area contributed by atoms with Gasteiger partial charge in [0.1, 0.15) is 22.2 Å². The fourth-order valence-electron chi connectivity index (χ4n) is 2.62. The number of sulfone groups is 1. The molecule has 0 saturated heterocycles. The molecule has 0 atom stereocenters. The van der Waals surface area contributed by atoms with Gasteiger partial charge in [0.15, 0.2) is 9.84 Å². The van der Waals surface area contributed by atoms with Gasteiger partial charge < -0.3 is 10.3 Å². The number of nitro groups is 1. The highest BCUT2D eigenvalue weighted by atomic mass is 32.2. The fourth-order valence-corrected chi connectivity index (χ4v) is 3.48.